The van der Waals surface area contributed by atoms with Gasteiger partial charge in [-0.25, -0.2) is 9.97 Å². The van der Waals surface area contributed by atoms with Crippen LogP contribution in [0.25, 0.3) is 0 Å². The molecule has 1 aromatic heterocycles. The van der Waals surface area contributed by atoms with Gasteiger partial charge in [0.05, 0.1) is 0 Å². The minimum atomic E-state index is 0.478. The molecule has 4 heteroatoms. The summed E-state index contributed by atoms with van der Waals surface area (Å²) in [6.45, 7) is 4.06. The number of nitrogens with one attached hydrogen (secondary N) is 1. The van der Waals surface area contributed by atoms with Crippen LogP contribution >= 0.6 is 11.6 Å². The zero-order chi connectivity index (χ0) is 12.3. The van der Waals surface area contributed by atoms with Crippen molar-refractivity contribution in [3.8, 4) is 0 Å². The van der Waals surface area contributed by atoms with E-state index in [0.29, 0.717) is 12.0 Å². The maximum atomic E-state index is 5.99. The third kappa shape index (κ3) is 3.09. The third-order valence-corrected chi connectivity index (χ3v) is 3.84. The van der Waals surface area contributed by atoms with Crippen molar-refractivity contribution >= 4 is 17.4 Å². The lowest BCUT2D eigenvalue weighted by atomic mass is 10.1. The number of alkyl halides is 1. The molecule has 0 aromatic carbocycles. The van der Waals surface area contributed by atoms with Gasteiger partial charge in [-0.3, -0.25) is 0 Å². The molecule has 2 atom stereocenters. The fourth-order valence-electron chi connectivity index (χ4n) is 2.49. The molecule has 1 aliphatic carbocycles. The van der Waals surface area contributed by atoms with Gasteiger partial charge >= 0.3 is 0 Å². The standard InChI is InChI=1S/C13H20ClN3/c1-3-11-7-13(16-9(2)15-11)17-12-6-4-5-10(12)8-14/h7,10,12H,3-6,8H2,1-2H3,(H,15,16,17). The van der Waals surface area contributed by atoms with Crippen LogP contribution in [0.2, 0.25) is 0 Å². The Morgan fingerprint density at radius 2 is 2.24 bits per heavy atom. The summed E-state index contributed by atoms with van der Waals surface area (Å²) < 4.78 is 0. The van der Waals surface area contributed by atoms with Crippen molar-refractivity contribution in [2.75, 3.05) is 11.2 Å². The molecular weight excluding hydrogens is 234 g/mol. The minimum absolute atomic E-state index is 0.478. The molecule has 1 aliphatic rings. The number of hydrogen-bond donors (Lipinski definition) is 1. The highest BCUT2D eigenvalue weighted by molar-refractivity contribution is 6.18. The lowest BCUT2D eigenvalue weighted by Gasteiger charge is -2.19. The molecule has 1 aromatic rings. The highest BCUT2D eigenvalue weighted by atomic mass is 35.5. The normalized spacial score (nSPS) is 23.9. The van der Waals surface area contributed by atoms with E-state index in [1.165, 1.54) is 19.3 Å². The average molecular weight is 254 g/mol. The number of anilines is 1. The minimum Gasteiger partial charge on any atom is -0.367 e. The Morgan fingerprint density at radius 3 is 2.94 bits per heavy atom. The lowest BCUT2D eigenvalue weighted by molar-refractivity contribution is 0.560. The summed E-state index contributed by atoms with van der Waals surface area (Å²) in [5.74, 6) is 3.11. The van der Waals surface area contributed by atoms with Crippen LogP contribution in [-0.2, 0) is 6.42 Å². The quantitative estimate of drug-likeness (QED) is 0.838. The van der Waals surface area contributed by atoms with E-state index in [9.17, 15) is 0 Å². The van der Waals surface area contributed by atoms with Gasteiger partial charge in [0.2, 0.25) is 0 Å². The fourth-order valence-corrected chi connectivity index (χ4v) is 2.86. The molecule has 0 bridgehead atoms. The first-order valence-electron chi connectivity index (χ1n) is 6.40. The number of nitrogens with zero attached hydrogens (tertiary/aromatic N) is 2. The highest BCUT2D eigenvalue weighted by Gasteiger charge is 2.26. The Kier molecular flexibility index (Phi) is 4.21. The van der Waals surface area contributed by atoms with Crippen LogP contribution < -0.4 is 5.32 Å². The summed E-state index contributed by atoms with van der Waals surface area (Å²) >= 11 is 5.99. The molecule has 1 saturated carbocycles. The van der Waals surface area contributed by atoms with Crippen molar-refractivity contribution in [3.05, 3.63) is 17.6 Å². The Hall–Kier alpha value is -0.830. The average Bonchev–Trinajstić information content (AvgIpc) is 2.75. The first kappa shape index (κ1) is 12.6. The van der Waals surface area contributed by atoms with Gasteiger partial charge in [-0.05, 0) is 32.1 Å². The second-order valence-corrected chi connectivity index (χ2v) is 5.05. The Balaban J connectivity index is 2.09. The highest BCUT2D eigenvalue weighted by Crippen LogP contribution is 2.29. The largest absolute Gasteiger partial charge is 0.367 e. The summed E-state index contributed by atoms with van der Waals surface area (Å²) in [5.41, 5.74) is 1.10. The topological polar surface area (TPSA) is 37.8 Å². The molecule has 0 aliphatic heterocycles. The molecule has 0 amide bonds. The van der Waals surface area contributed by atoms with Crippen LogP contribution in [0.15, 0.2) is 6.07 Å². The van der Waals surface area contributed by atoms with E-state index in [-0.39, 0.29) is 0 Å². The summed E-state index contributed by atoms with van der Waals surface area (Å²) in [6.07, 6.45) is 4.63. The van der Waals surface area contributed by atoms with E-state index in [2.05, 4.69) is 28.3 Å². The second kappa shape index (κ2) is 5.67. The molecule has 0 saturated heterocycles. The summed E-state index contributed by atoms with van der Waals surface area (Å²) in [6, 6.07) is 2.53. The molecule has 94 valence electrons. The van der Waals surface area contributed by atoms with Gasteiger partial charge in [0.25, 0.3) is 0 Å². The Labute approximate surface area is 108 Å². The van der Waals surface area contributed by atoms with E-state index in [4.69, 9.17) is 11.6 Å². The van der Waals surface area contributed by atoms with Crippen molar-refractivity contribution in [1.29, 1.82) is 0 Å². The SMILES string of the molecule is CCc1cc(NC2CCCC2CCl)nc(C)n1. The third-order valence-electron chi connectivity index (χ3n) is 3.44. The van der Waals surface area contributed by atoms with Gasteiger partial charge in [-0.15, -0.1) is 11.6 Å². The molecule has 1 heterocycles. The molecule has 17 heavy (non-hydrogen) atoms. The van der Waals surface area contributed by atoms with Gasteiger partial charge in [0.1, 0.15) is 11.6 Å². The smallest absolute Gasteiger partial charge is 0.130 e. The van der Waals surface area contributed by atoms with Gasteiger partial charge in [0.15, 0.2) is 0 Å². The number of rotatable bonds is 4. The molecule has 1 fully saturated rings. The molecule has 0 spiro atoms. The number of hydrogen-bond acceptors (Lipinski definition) is 3. The van der Waals surface area contributed by atoms with E-state index in [1.807, 2.05) is 6.92 Å². The van der Waals surface area contributed by atoms with Crippen molar-refractivity contribution in [1.82, 2.24) is 9.97 Å². The predicted molar refractivity (Wildman–Crippen MR) is 71.6 cm³/mol. The van der Waals surface area contributed by atoms with Crippen molar-refractivity contribution in [2.24, 2.45) is 5.92 Å². The summed E-state index contributed by atoms with van der Waals surface area (Å²) in [4.78, 5) is 8.84. The zero-order valence-electron chi connectivity index (χ0n) is 10.5. The maximum absolute atomic E-state index is 5.99. The molecule has 2 rings (SSSR count). The van der Waals surface area contributed by atoms with Gasteiger partial charge in [-0.2, -0.15) is 0 Å². The first-order chi connectivity index (χ1) is 8.22. The van der Waals surface area contributed by atoms with Crippen LogP contribution in [0.3, 0.4) is 0 Å². The van der Waals surface area contributed by atoms with E-state index in [1.54, 1.807) is 0 Å². The first-order valence-corrected chi connectivity index (χ1v) is 6.93. The fraction of sp³-hybridized carbons (Fsp3) is 0.692. The maximum Gasteiger partial charge on any atom is 0.130 e. The lowest BCUT2D eigenvalue weighted by Crippen LogP contribution is -2.25. The molecule has 0 radical (unpaired) electrons. The predicted octanol–water partition coefficient (Wildman–Crippen LogP) is 3.17. The number of halogens is 1. The monoisotopic (exact) mass is 253 g/mol. The summed E-state index contributed by atoms with van der Waals surface area (Å²) in [5, 5.41) is 3.52. The molecule has 3 nitrogen and oxygen atoms in total. The zero-order valence-corrected chi connectivity index (χ0v) is 11.3. The Bertz CT molecular complexity index is 381. The van der Waals surface area contributed by atoms with Crippen molar-refractivity contribution in [2.45, 2.75) is 45.6 Å². The van der Waals surface area contributed by atoms with Gasteiger partial charge < -0.3 is 5.32 Å². The van der Waals surface area contributed by atoms with Gasteiger partial charge in [0, 0.05) is 23.7 Å². The van der Waals surface area contributed by atoms with E-state index in [0.717, 1.165) is 29.6 Å². The summed E-state index contributed by atoms with van der Waals surface area (Å²) in [7, 11) is 0. The van der Waals surface area contributed by atoms with Crippen LogP contribution in [0.5, 0.6) is 0 Å². The number of aromatic nitrogens is 2. The van der Waals surface area contributed by atoms with Crippen LogP contribution in [0.4, 0.5) is 5.82 Å². The number of aryl methyl sites for hydroxylation is 2. The van der Waals surface area contributed by atoms with Gasteiger partial charge in [-0.1, -0.05) is 13.3 Å². The van der Waals surface area contributed by atoms with E-state index < -0.39 is 0 Å². The second-order valence-electron chi connectivity index (χ2n) is 4.74. The molecule has 2 unspecified atom stereocenters. The van der Waals surface area contributed by atoms with Crippen molar-refractivity contribution < 1.29 is 0 Å². The van der Waals surface area contributed by atoms with Crippen LogP contribution in [0.1, 0.15) is 37.7 Å². The molecule has 1 N–H and O–H groups in total. The molecular formula is C13H20ClN3. The van der Waals surface area contributed by atoms with Crippen LogP contribution in [0, 0.1) is 12.8 Å². The Morgan fingerprint density at radius 1 is 1.41 bits per heavy atom. The van der Waals surface area contributed by atoms with E-state index >= 15 is 0 Å². The van der Waals surface area contributed by atoms with Crippen molar-refractivity contribution in [3.63, 3.8) is 0 Å². The van der Waals surface area contributed by atoms with Crippen LogP contribution in [-0.4, -0.2) is 21.9 Å².